The second-order valence-electron chi connectivity index (χ2n) is 9.41. The minimum absolute atomic E-state index is 0.547. The van der Waals surface area contributed by atoms with Gasteiger partial charge in [0.2, 0.25) is 0 Å². The lowest BCUT2D eigenvalue weighted by molar-refractivity contribution is -0.00231. The van der Waals surface area contributed by atoms with Crippen molar-refractivity contribution in [2.75, 3.05) is 33.7 Å². The second kappa shape index (κ2) is 5.77. The third-order valence-corrected chi connectivity index (χ3v) is 7.91. The van der Waals surface area contributed by atoms with Gasteiger partial charge in [-0.15, -0.1) is 0 Å². The fourth-order valence-corrected chi connectivity index (χ4v) is 6.15. The first-order valence-corrected chi connectivity index (χ1v) is 10.0. The highest BCUT2D eigenvalue weighted by atomic mass is 15.2. The Hall–Kier alpha value is -0.0800. The lowest BCUT2D eigenvalue weighted by Crippen LogP contribution is -2.54. The monoisotopic (exact) mass is 304 g/mol. The third-order valence-electron chi connectivity index (χ3n) is 7.91. The van der Waals surface area contributed by atoms with Crippen molar-refractivity contribution in [2.45, 2.75) is 76.2 Å². The molecule has 0 aromatic heterocycles. The molecule has 0 radical (unpaired) electrons. The van der Waals surface area contributed by atoms with Gasteiger partial charge in [0.25, 0.3) is 0 Å². The summed E-state index contributed by atoms with van der Waals surface area (Å²) in [6, 6.07) is 0. The van der Waals surface area contributed by atoms with Crippen molar-refractivity contribution in [3.05, 3.63) is 0 Å². The van der Waals surface area contributed by atoms with E-state index < -0.39 is 0 Å². The molecule has 0 N–H and O–H groups in total. The maximum absolute atomic E-state index is 2.82. The molecular formula is C20H36N2. The molecular weight excluding hydrogens is 268 g/mol. The summed E-state index contributed by atoms with van der Waals surface area (Å²) in [7, 11) is 4.73. The summed E-state index contributed by atoms with van der Waals surface area (Å²) in [6.45, 7) is 4.25. The molecule has 1 spiro atoms. The molecule has 0 bridgehead atoms. The molecule has 4 aliphatic rings. The Morgan fingerprint density at radius 2 is 1.59 bits per heavy atom. The van der Waals surface area contributed by atoms with E-state index in [1.54, 1.807) is 0 Å². The molecule has 0 aromatic rings. The maximum Gasteiger partial charge on any atom is 0.0232 e. The highest BCUT2D eigenvalue weighted by Crippen LogP contribution is 2.53. The van der Waals surface area contributed by atoms with Gasteiger partial charge in [-0.3, -0.25) is 0 Å². The average Bonchev–Trinajstić information content (AvgIpc) is 3.01. The molecule has 1 saturated heterocycles. The largest absolute Gasteiger partial charge is 0.303 e. The Morgan fingerprint density at radius 3 is 2.18 bits per heavy atom. The van der Waals surface area contributed by atoms with Crippen LogP contribution in [0.15, 0.2) is 0 Å². The van der Waals surface area contributed by atoms with Crippen molar-refractivity contribution in [3.8, 4) is 0 Å². The van der Waals surface area contributed by atoms with E-state index >= 15 is 0 Å². The van der Waals surface area contributed by atoms with Gasteiger partial charge in [0.05, 0.1) is 0 Å². The lowest BCUT2D eigenvalue weighted by atomic mass is 9.62. The van der Waals surface area contributed by atoms with Crippen molar-refractivity contribution < 1.29 is 0 Å². The Morgan fingerprint density at radius 1 is 0.909 bits per heavy atom. The fourth-order valence-electron chi connectivity index (χ4n) is 6.15. The van der Waals surface area contributed by atoms with E-state index in [1.807, 2.05) is 0 Å². The van der Waals surface area contributed by atoms with Crippen molar-refractivity contribution in [3.63, 3.8) is 0 Å². The highest BCUT2D eigenvalue weighted by Gasteiger charge is 2.50. The van der Waals surface area contributed by atoms with Crippen LogP contribution in [-0.2, 0) is 0 Å². The Labute approximate surface area is 137 Å². The van der Waals surface area contributed by atoms with Gasteiger partial charge < -0.3 is 9.80 Å². The van der Waals surface area contributed by atoms with Crippen LogP contribution in [0, 0.1) is 17.3 Å². The van der Waals surface area contributed by atoms with Crippen LogP contribution in [0.3, 0.4) is 0 Å². The molecule has 0 atom stereocenters. The summed E-state index contributed by atoms with van der Waals surface area (Å²) < 4.78 is 0. The van der Waals surface area contributed by atoms with E-state index in [4.69, 9.17) is 0 Å². The van der Waals surface area contributed by atoms with Crippen molar-refractivity contribution in [1.82, 2.24) is 9.80 Å². The van der Waals surface area contributed by atoms with Crippen LogP contribution in [0.25, 0.3) is 0 Å². The third kappa shape index (κ3) is 2.75. The van der Waals surface area contributed by atoms with Crippen LogP contribution >= 0.6 is 0 Å². The van der Waals surface area contributed by atoms with E-state index in [-0.39, 0.29) is 0 Å². The summed E-state index contributed by atoms with van der Waals surface area (Å²) in [6.07, 6.45) is 16.4. The Bertz CT molecular complexity index is 385. The van der Waals surface area contributed by atoms with Gasteiger partial charge in [-0.2, -0.15) is 0 Å². The topological polar surface area (TPSA) is 6.48 Å². The van der Waals surface area contributed by atoms with Gasteiger partial charge in [-0.05, 0) is 95.7 Å². The Balaban J connectivity index is 1.40. The molecule has 0 unspecified atom stereocenters. The molecule has 1 aliphatic heterocycles. The van der Waals surface area contributed by atoms with Crippen LogP contribution in [-0.4, -0.2) is 49.1 Å². The molecule has 3 aliphatic carbocycles. The van der Waals surface area contributed by atoms with Crippen LogP contribution < -0.4 is 0 Å². The van der Waals surface area contributed by atoms with Gasteiger partial charge in [-0.1, -0.05) is 12.8 Å². The zero-order valence-electron chi connectivity index (χ0n) is 14.9. The lowest BCUT2D eigenvalue weighted by Gasteiger charge is -2.52. The molecule has 2 heteroatoms. The zero-order valence-corrected chi connectivity index (χ0v) is 14.9. The van der Waals surface area contributed by atoms with Crippen LogP contribution in [0.5, 0.6) is 0 Å². The minimum Gasteiger partial charge on any atom is -0.303 e. The number of nitrogens with zero attached hydrogens (tertiary/aromatic N) is 2. The minimum atomic E-state index is 0.547. The van der Waals surface area contributed by atoms with E-state index in [2.05, 4.69) is 23.9 Å². The van der Waals surface area contributed by atoms with E-state index in [0.29, 0.717) is 11.0 Å². The van der Waals surface area contributed by atoms with Gasteiger partial charge in [0.15, 0.2) is 0 Å². The smallest absolute Gasteiger partial charge is 0.0232 e. The SMILES string of the molecule is CN(C)C1(C2CCCC2)CCC2(CCN(CC3CC3)C2)CC1. The number of hydrogen-bond donors (Lipinski definition) is 0. The molecule has 1 heterocycles. The summed E-state index contributed by atoms with van der Waals surface area (Å²) in [4.78, 5) is 5.45. The van der Waals surface area contributed by atoms with Crippen LogP contribution in [0.4, 0.5) is 0 Å². The van der Waals surface area contributed by atoms with Crippen LogP contribution in [0.2, 0.25) is 0 Å². The first kappa shape index (κ1) is 15.4. The number of rotatable bonds is 4. The van der Waals surface area contributed by atoms with Crippen molar-refractivity contribution in [1.29, 1.82) is 0 Å². The van der Waals surface area contributed by atoms with Gasteiger partial charge in [-0.25, -0.2) is 0 Å². The first-order chi connectivity index (χ1) is 10.6. The molecule has 2 nitrogen and oxygen atoms in total. The number of hydrogen-bond acceptors (Lipinski definition) is 2. The normalized spacial score (nSPS) is 41.0. The van der Waals surface area contributed by atoms with Crippen molar-refractivity contribution >= 4 is 0 Å². The highest BCUT2D eigenvalue weighted by molar-refractivity contribution is 5.05. The predicted octanol–water partition coefficient (Wildman–Crippen LogP) is 4.15. The summed E-state index contributed by atoms with van der Waals surface area (Å²) in [5.74, 6) is 2.06. The van der Waals surface area contributed by atoms with Crippen LogP contribution in [0.1, 0.15) is 70.6 Å². The summed E-state index contributed by atoms with van der Waals surface area (Å²) in [5, 5.41) is 0. The quantitative estimate of drug-likeness (QED) is 0.770. The molecule has 0 amide bonds. The summed E-state index contributed by atoms with van der Waals surface area (Å²) >= 11 is 0. The van der Waals surface area contributed by atoms with E-state index in [1.165, 1.54) is 90.3 Å². The van der Waals surface area contributed by atoms with Gasteiger partial charge in [0.1, 0.15) is 0 Å². The molecule has 4 rings (SSSR count). The van der Waals surface area contributed by atoms with E-state index in [0.717, 1.165) is 11.8 Å². The van der Waals surface area contributed by atoms with Gasteiger partial charge in [0, 0.05) is 18.6 Å². The predicted molar refractivity (Wildman–Crippen MR) is 93.1 cm³/mol. The molecule has 126 valence electrons. The Kier molecular flexibility index (Phi) is 4.05. The molecule has 4 fully saturated rings. The zero-order chi connectivity index (χ0) is 15.2. The standard InChI is InChI=1S/C20H36N2/c1-21(2)20(18-5-3-4-6-18)11-9-19(10-12-20)13-14-22(16-19)15-17-7-8-17/h17-18H,3-16H2,1-2H3. The average molecular weight is 305 g/mol. The second-order valence-corrected chi connectivity index (χ2v) is 9.41. The first-order valence-electron chi connectivity index (χ1n) is 10.0. The van der Waals surface area contributed by atoms with Crippen molar-refractivity contribution in [2.24, 2.45) is 17.3 Å². The molecule has 22 heavy (non-hydrogen) atoms. The fraction of sp³-hybridized carbons (Fsp3) is 1.00. The summed E-state index contributed by atoms with van der Waals surface area (Å²) in [5.41, 5.74) is 1.25. The molecule has 3 saturated carbocycles. The number of likely N-dealkylation sites (tertiary alicyclic amines) is 1. The van der Waals surface area contributed by atoms with E-state index in [9.17, 15) is 0 Å². The molecule has 0 aromatic carbocycles. The maximum atomic E-state index is 2.82. The van der Waals surface area contributed by atoms with Gasteiger partial charge >= 0.3 is 0 Å².